The maximum Gasteiger partial charge on any atom is 0.307 e. The van der Waals surface area contributed by atoms with E-state index in [0.29, 0.717) is 25.4 Å². The first-order chi connectivity index (χ1) is 11.8. The summed E-state index contributed by atoms with van der Waals surface area (Å²) in [5, 5.41) is 17.1. The van der Waals surface area contributed by atoms with Gasteiger partial charge in [0, 0.05) is 24.3 Å². The van der Waals surface area contributed by atoms with Crippen molar-refractivity contribution in [2.75, 3.05) is 6.54 Å². The summed E-state index contributed by atoms with van der Waals surface area (Å²) in [7, 11) is 0. The van der Waals surface area contributed by atoms with Crippen LogP contribution in [0.3, 0.4) is 0 Å². The SMILES string of the molecule is Cc1nn(-c2ccc(F)cc2)c(C)c1CNCC(CC(C)C)C(=O)O. The van der Waals surface area contributed by atoms with Crippen molar-refractivity contribution in [2.24, 2.45) is 11.8 Å². The lowest BCUT2D eigenvalue weighted by Gasteiger charge is -2.15. The molecule has 0 saturated carbocycles. The Balaban J connectivity index is 2.08. The summed E-state index contributed by atoms with van der Waals surface area (Å²) in [6, 6.07) is 6.20. The van der Waals surface area contributed by atoms with Crippen LogP contribution in [0.5, 0.6) is 0 Å². The van der Waals surface area contributed by atoms with Crippen molar-refractivity contribution in [3.63, 3.8) is 0 Å². The van der Waals surface area contributed by atoms with Gasteiger partial charge in [0.2, 0.25) is 0 Å². The number of carboxylic acids is 1. The first-order valence-electron chi connectivity index (χ1n) is 8.54. The van der Waals surface area contributed by atoms with Gasteiger partial charge in [0.25, 0.3) is 0 Å². The van der Waals surface area contributed by atoms with Crippen molar-refractivity contribution >= 4 is 5.97 Å². The number of carboxylic acid groups (broad SMARTS) is 1. The van der Waals surface area contributed by atoms with Crippen LogP contribution in [-0.4, -0.2) is 27.4 Å². The molecule has 0 aliphatic rings. The monoisotopic (exact) mass is 347 g/mol. The molecule has 5 nitrogen and oxygen atoms in total. The molecule has 2 rings (SSSR count). The predicted octanol–water partition coefficient (Wildman–Crippen LogP) is 3.46. The molecule has 0 spiro atoms. The second-order valence-electron chi connectivity index (χ2n) is 6.83. The Morgan fingerprint density at radius 1 is 1.28 bits per heavy atom. The number of nitrogens with zero attached hydrogens (tertiary/aromatic N) is 2. The lowest BCUT2D eigenvalue weighted by molar-refractivity contribution is -0.142. The van der Waals surface area contributed by atoms with Gasteiger partial charge in [-0.2, -0.15) is 5.10 Å². The number of aryl methyl sites for hydroxylation is 1. The molecule has 2 N–H and O–H groups in total. The quantitative estimate of drug-likeness (QED) is 0.767. The molecule has 1 aromatic carbocycles. The number of hydrogen-bond acceptors (Lipinski definition) is 3. The van der Waals surface area contributed by atoms with E-state index in [2.05, 4.69) is 10.4 Å². The minimum absolute atomic E-state index is 0.281. The third-order valence-electron chi connectivity index (χ3n) is 4.31. The minimum Gasteiger partial charge on any atom is -0.481 e. The van der Waals surface area contributed by atoms with Crippen LogP contribution in [0, 0.1) is 31.5 Å². The zero-order valence-electron chi connectivity index (χ0n) is 15.2. The maximum atomic E-state index is 13.1. The van der Waals surface area contributed by atoms with Gasteiger partial charge in [-0.25, -0.2) is 9.07 Å². The molecule has 0 radical (unpaired) electrons. The van der Waals surface area contributed by atoms with E-state index in [0.717, 1.165) is 22.6 Å². The lowest BCUT2D eigenvalue weighted by Crippen LogP contribution is -2.29. The van der Waals surface area contributed by atoms with Crippen molar-refractivity contribution in [3.8, 4) is 5.69 Å². The van der Waals surface area contributed by atoms with E-state index in [1.807, 2.05) is 27.7 Å². The highest BCUT2D eigenvalue weighted by molar-refractivity contribution is 5.70. The second kappa shape index (κ2) is 8.25. The van der Waals surface area contributed by atoms with Crippen LogP contribution < -0.4 is 5.32 Å². The molecule has 1 atom stereocenters. The summed E-state index contributed by atoms with van der Waals surface area (Å²) in [4.78, 5) is 11.3. The van der Waals surface area contributed by atoms with E-state index in [4.69, 9.17) is 0 Å². The Morgan fingerprint density at radius 3 is 2.48 bits per heavy atom. The summed E-state index contributed by atoms with van der Waals surface area (Å²) in [5.41, 5.74) is 3.69. The van der Waals surface area contributed by atoms with E-state index in [-0.39, 0.29) is 5.82 Å². The molecule has 0 saturated heterocycles. The minimum atomic E-state index is -0.767. The largest absolute Gasteiger partial charge is 0.481 e. The molecule has 0 aliphatic heterocycles. The van der Waals surface area contributed by atoms with Crippen molar-refractivity contribution in [2.45, 2.75) is 40.7 Å². The van der Waals surface area contributed by atoms with E-state index >= 15 is 0 Å². The average molecular weight is 347 g/mol. The first-order valence-corrected chi connectivity index (χ1v) is 8.54. The van der Waals surface area contributed by atoms with Crippen molar-refractivity contribution in [1.29, 1.82) is 0 Å². The van der Waals surface area contributed by atoms with E-state index in [1.165, 1.54) is 12.1 Å². The van der Waals surface area contributed by atoms with Gasteiger partial charge in [0.15, 0.2) is 0 Å². The van der Waals surface area contributed by atoms with Gasteiger partial charge < -0.3 is 10.4 Å². The first kappa shape index (κ1) is 19.1. The molecule has 0 amide bonds. The number of halogens is 1. The number of benzene rings is 1. The van der Waals surface area contributed by atoms with Crippen LogP contribution in [0.25, 0.3) is 5.69 Å². The Bertz CT molecular complexity index is 723. The van der Waals surface area contributed by atoms with Crippen LogP contribution in [0.4, 0.5) is 4.39 Å². The summed E-state index contributed by atoms with van der Waals surface area (Å²) < 4.78 is 14.9. The normalized spacial score (nSPS) is 12.6. The number of nitrogens with one attached hydrogen (secondary N) is 1. The Hall–Kier alpha value is -2.21. The number of aromatic nitrogens is 2. The lowest BCUT2D eigenvalue weighted by atomic mass is 9.97. The number of rotatable bonds is 8. The third-order valence-corrected chi connectivity index (χ3v) is 4.31. The van der Waals surface area contributed by atoms with Gasteiger partial charge in [-0.1, -0.05) is 13.8 Å². The van der Waals surface area contributed by atoms with Crippen LogP contribution in [0.2, 0.25) is 0 Å². The van der Waals surface area contributed by atoms with Gasteiger partial charge in [0.05, 0.1) is 17.3 Å². The van der Waals surface area contributed by atoms with E-state index in [9.17, 15) is 14.3 Å². The third kappa shape index (κ3) is 4.89. The Morgan fingerprint density at radius 2 is 1.92 bits per heavy atom. The molecular formula is C19H26FN3O2. The zero-order valence-corrected chi connectivity index (χ0v) is 15.2. The molecule has 1 heterocycles. The Labute approximate surface area is 147 Å². The van der Waals surface area contributed by atoms with E-state index in [1.54, 1.807) is 16.8 Å². The Kier molecular flexibility index (Phi) is 6.31. The predicted molar refractivity (Wildman–Crippen MR) is 95.3 cm³/mol. The molecule has 1 unspecified atom stereocenters. The highest BCUT2D eigenvalue weighted by Crippen LogP contribution is 2.18. The highest BCUT2D eigenvalue weighted by atomic mass is 19.1. The maximum absolute atomic E-state index is 13.1. The summed E-state index contributed by atoms with van der Waals surface area (Å²) in [5.74, 6) is -1.10. The number of carbonyl (C=O) groups is 1. The van der Waals surface area contributed by atoms with Crippen molar-refractivity contribution in [3.05, 3.63) is 47.0 Å². The fraction of sp³-hybridized carbons (Fsp3) is 0.474. The molecule has 2 aromatic rings. The standard InChI is InChI=1S/C19H26FN3O2/c1-12(2)9-15(19(24)25)10-21-11-18-13(3)22-23(14(18)4)17-7-5-16(20)6-8-17/h5-8,12,15,21H,9-11H2,1-4H3,(H,24,25). The number of hydrogen-bond donors (Lipinski definition) is 2. The van der Waals surface area contributed by atoms with Gasteiger partial charge >= 0.3 is 5.97 Å². The fourth-order valence-corrected chi connectivity index (χ4v) is 2.98. The van der Waals surface area contributed by atoms with Gasteiger partial charge in [0.1, 0.15) is 5.82 Å². The van der Waals surface area contributed by atoms with Crippen molar-refractivity contribution < 1.29 is 14.3 Å². The molecule has 136 valence electrons. The van der Waals surface area contributed by atoms with Gasteiger partial charge in [-0.05, 0) is 50.5 Å². The fourth-order valence-electron chi connectivity index (χ4n) is 2.98. The topological polar surface area (TPSA) is 67.2 Å². The molecule has 0 aliphatic carbocycles. The summed E-state index contributed by atoms with van der Waals surface area (Å²) in [6.07, 6.45) is 0.648. The van der Waals surface area contributed by atoms with Crippen LogP contribution in [0.15, 0.2) is 24.3 Å². The average Bonchev–Trinajstić information content (AvgIpc) is 2.82. The van der Waals surface area contributed by atoms with Gasteiger partial charge in [-0.15, -0.1) is 0 Å². The molecule has 1 aromatic heterocycles. The smallest absolute Gasteiger partial charge is 0.307 e. The molecule has 0 bridgehead atoms. The number of aliphatic carboxylic acids is 1. The summed E-state index contributed by atoms with van der Waals surface area (Å²) in [6.45, 7) is 8.92. The molecule has 6 heteroatoms. The van der Waals surface area contributed by atoms with Crippen LogP contribution in [-0.2, 0) is 11.3 Å². The molecule has 0 fully saturated rings. The molecular weight excluding hydrogens is 321 g/mol. The van der Waals surface area contributed by atoms with E-state index < -0.39 is 11.9 Å². The zero-order chi connectivity index (χ0) is 18.6. The van der Waals surface area contributed by atoms with Crippen molar-refractivity contribution in [1.82, 2.24) is 15.1 Å². The summed E-state index contributed by atoms with van der Waals surface area (Å²) >= 11 is 0. The van der Waals surface area contributed by atoms with Gasteiger partial charge in [-0.3, -0.25) is 4.79 Å². The highest BCUT2D eigenvalue weighted by Gasteiger charge is 2.19. The molecule has 25 heavy (non-hydrogen) atoms. The second-order valence-corrected chi connectivity index (χ2v) is 6.83. The van der Waals surface area contributed by atoms with Crippen LogP contribution >= 0.6 is 0 Å². The van der Waals surface area contributed by atoms with Crippen LogP contribution in [0.1, 0.15) is 37.2 Å².